The molecule has 0 radical (unpaired) electrons. The van der Waals surface area contributed by atoms with Crippen molar-refractivity contribution in [3.63, 3.8) is 0 Å². The van der Waals surface area contributed by atoms with E-state index in [2.05, 4.69) is 47.8 Å². The molecular weight excluding hydrogens is 408 g/mol. The third-order valence-corrected chi connectivity index (χ3v) is 7.10. The van der Waals surface area contributed by atoms with Gasteiger partial charge in [-0.25, -0.2) is 4.98 Å². The number of carbonyl (C=O) groups excluding carboxylic acids is 1. The summed E-state index contributed by atoms with van der Waals surface area (Å²) in [7, 11) is 0. The number of thiazole rings is 1. The minimum atomic E-state index is -0.106. The Morgan fingerprint density at radius 1 is 0.900 bits per heavy atom. The topological polar surface area (TPSA) is 42.0 Å². The van der Waals surface area contributed by atoms with Gasteiger partial charge in [0.25, 0.3) is 5.91 Å². The van der Waals surface area contributed by atoms with Crippen LogP contribution in [0.2, 0.25) is 0 Å². The maximum absolute atomic E-state index is 12.4. The molecule has 1 heterocycles. The van der Waals surface area contributed by atoms with E-state index in [0.717, 1.165) is 26.0 Å². The molecule has 0 saturated heterocycles. The summed E-state index contributed by atoms with van der Waals surface area (Å²) in [5.74, 6) is 0.767. The van der Waals surface area contributed by atoms with Crippen molar-refractivity contribution in [3.05, 3.63) is 102 Å². The van der Waals surface area contributed by atoms with Gasteiger partial charge >= 0.3 is 0 Å². The fourth-order valence-corrected chi connectivity index (χ4v) is 5.51. The second-order valence-electron chi connectivity index (χ2n) is 6.91. The highest BCUT2D eigenvalue weighted by atomic mass is 32.2. The summed E-state index contributed by atoms with van der Waals surface area (Å²) in [5.41, 5.74) is 3.70. The summed E-state index contributed by atoms with van der Waals surface area (Å²) >= 11 is 3.41. The Hall–Kier alpha value is -3.15. The highest BCUT2D eigenvalue weighted by Gasteiger charge is 2.10. The maximum atomic E-state index is 12.4. The van der Waals surface area contributed by atoms with Gasteiger partial charge in [-0.05, 0) is 46.7 Å². The molecule has 146 valence electrons. The second kappa shape index (κ2) is 8.30. The second-order valence-corrected chi connectivity index (χ2v) is 9.16. The number of fused-ring (bicyclic) bond motifs is 2. The van der Waals surface area contributed by atoms with Gasteiger partial charge < -0.3 is 5.32 Å². The van der Waals surface area contributed by atoms with Crippen LogP contribution in [0.3, 0.4) is 0 Å². The van der Waals surface area contributed by atoms with Crippen molar-refractivity contribution >= 4 is 55.7 Å². The Morgan fingerprint density at radius 2 is 1.70 bits per heavy atom. The van der Waals surface area contributed by atoms with Crippen LogP contribution >= 0.6 is 23.1 Å². The molecule has 5 aromatic rings. The fraction of sp³-hybridized carbons (Fsp3) is 0.0400. The molecule has 0 unspecified atom stereocenters. The van der Waals surface area contributed by atoms with Crippen LogP contribution in [0.4, 0.5) is 5.69 Å². The third kappa shape index (κ3) is 3.95. The Balaban J connectivity index is 1.33. The molecule has 3 nitrogen and oxygen atoms in total. The van der Waals surface area contributed by atoms with Gasteiger partial charge in [-0.1, -0.05) is 72.4 Å². The summed E-state index contributed by atoms with van der Waals surface area (Å²) in [4.78, 5) is 17.1. The van der Waals surface area contributed by atoms with Gasteiger partial charge in [0.15, 0.2) is 4.34 Å². The Bertz CT molecular complexity index is 1340. The molecule has 5 heteroatoms. The van der Waals surface area contributed by atoms with Gasteiger partial charge in [0.05, 0.1) is 10.2 Å². The van der Waals surface area contributed by atoms with Crippen LogP contribution in [0.25, 0.3) is 21.0 Å². The lowest BCUT2D eigenvalue weighted by Gasteiger charge is -2.04. The predicted octanol–water partition coefficient (Wildman–Crippen LogP) is 6.99. The van der Waals surface area contributed by atoms with Crippen LogP contribution < -0.4 is 5.32 Å². The van der Waals surface area contributed by atoms with Crippen molar-refractivity contribution in [3.8, 4) is 0 Å². The molecule has 0 spiro atoms. The van der Waals surface area contributed by atoms with E-state index >= 15 is 0 Å². The Morgan fingerprint density at radius 3 is 2.60 bits per heavy atom. The van der Waals surface area contributed by atoms with E-state index in [1.54, 1.807) is 23.1 Å². The predicted molar refractivity (Wildman–Crippen MR) is 128 cm³/mol. The summed E-state index contributed by atoms with van der Waals surface area (Å²) < 4.78 is 2.10. The molecule has 0 bridgehead atoms. The number of nitrogens with zero attached hydrogens (tertiary/aromatic N) is 1. The van der Waals surface area contributed by atoms with Crippen molar-refractivity contribution in [2.75, 3.05) is 5.32 Å². The zero-order chi connectivity index (χ0) is 20.3. The lowest BCUT2D eigenvalue weighted by molar-refractivity contribution is 0.102. The number of amides is 1. The zero-order valence-corrected chi connectivity index (χ0v) is 17.7. The quantitative estimate of drug-likeness (QED) is 0.308. The molecule has 30 heavy (non-hydrogen) atoms. The number of carbonyl (C=O) groups is 1. The number of thioether (sulfide) groups is 1. The number of hydrogen-bond acceptors (Lipinski definition) is 4. The van der Waals surface area contributed by atoms with Crippen molar-refractivity contribution in [1.82, 2.24) is 4.98 Å². The first-order chi connectivity index (χ1) is 14.8. The number of aromatic nitrogens is 1. The first kappa shape index (κ1) is 18.9. The van der Waals surface area contributed by atoms with E-state index in [0.29, 0.717) is 5.56 Å². The first-order valence-electron chi connectivity index (χ1n) is 9.63. The molecule has 0 aliphatic rings. The number of benzene rings is 4. The van der Waals surface area contributed by atoms with Gasteiger partial charge in [-0.3, -0.25) is 4.79 Å². The van der Waals surface area contributed by atoms with E-state index in [9.17, 15) is 4.79 Å². The molecule has 0 atom stereocenters. The summed E-state index contributed by atoms with van der Waals surface area (Å²) in [6, 6.07) is 30.0. The van der Waals surface area contributed by atoms with E-state index in [1.807, 2.05) is 48.5 Å². The van der Waals surface area contributed by atoms with Crippen LogP contribution in [0.5, 0.6) is 0 Å². The average molecular weight is 427 g/mol. The molecule has 1 N–H and O–H groups in total. The van der Waals surface area contributed by atoms with Crippen molar-refractivity contribution in [1.29, 1.82) is 0 Å². The summed E-state index contributed by atoms with van der Waals surface area (Å²) in [6.45, 7) is 0. The maximum Gasteiger partial charge on any atom is 0.255 e. The molecule has 5 rings (SSSR count). The fourth-order valence-electron chi connectivity index (χ4n) is 3.39. The molecular formula is C25H18N2OS2. The SMILES string of the molecule is O=C(Nc1ccc2nc(SCc3cccc4ccccc34)sc2c1)c1ccccc1. The zero-order valence-electron chi connectivity index (χ0n) is 16.0. The van der Waals surface area contributed by atoms with Gasteiger partial charge in [-0.15, -0.1) is 11.3 Å². The van der Waals surface area contributed by atoms with Gasteiger partial charge in [0, 0.05) is 17.0 Å². The normalized spacial score (nSPS) is 11.1. The van der Waals surface area contributed by atoms with E-state index in [-0.39, 0.29) is 5.91 Å². The molecule has 0 aliphatic heterocycles. The number of rotatable bonds is 5. The number of hydrogen-bond donors (Lipinski definition) is 1. The van der Waals surface area contributed by atoms with Crippen LogP contribution in [0.1, 0.15) is 15.9 Å². The number of anilines is 1. The summed E-state index contributed by atoms with van der Waals surface area (Å²) in [5, 5.41) is 5.52. The van der Waals surface area contributed by atoms with Crippen molar-refractivity contribution in [2.24, 2.45) is 0 Å². The molecule has 4 aromatic carbocycles. The van der Waals surface area contributed by atoms with E-state index in [1.165, 1.54) is 16.3 Å². The van der Waals surface area contributed by atoms with Crippen LogP contribution in [0, 0.1) is 0 Å². The minimum absolute atomic E-state index is 0.106. The van der Waals surface area contributed by atoms with Crippen LogP contribution in [-0.2, 0) is 5.75 Å². The largest absolute Gasteiger partial charge is 0.322 e. The van der Waals surface area contributed by atoms with Crippen molar-refractivity contribution in [2.45, 2.75) is 10.1 Å². The monoisotopic (exact) mass is 426 g/mol. The van der Waals surface area contributed by atoms with E-state index < -0.39 is 0 Å². The minimum Gasteiger partial charge on any atom is -0.322 e. The van der Waals surface area contributed by atoms with Gasteiger partial charge in [0.1, 0.15) is 0 Å². The average Bonchev–Trinajstić information content (AvgIpc) is 3.20. The lowest BCUT2D eigenvalue weighted by atomic mass is 10.1. The molecule has 0 aliphatic carbocycles. The Labute approximate surface area is 182 Å². The lowest BCUT2D eigenvalue weighted by Crippen LogP contribution is -2.11. The third-order valence-electron chi connectivity index (χ3n) is 4.89. The standard InChI is InChI=1S/C25H18N2OS2/c28-24(18-8-2-1-3-9-18)26-20-13-14-22-23(15-20)30-25(27-22)29-16-19-11-6-10-17-7-4-5-12-21(17)19/h1-15H,16H2,(H,26,28). The number of nitrogens with one attached hydrogen (secondary N) is 1. The smallest absolute Gasteiger partial charge is 0.255 e. The molecule has 0 saturated carbocycles. The van der Waals surface area contributed by atoms with Crippen LogP contribution in [0.15, 0.2) is 95.3 Å². The van der Waals surface area contributed by atoms with Crippen molar-refractivity contribution < 1.29 is 4.79 Å². The molecule has 1 amide bonds. The van der Waals surface area contributed by atoms with E-state index in [4.69, 9.17) is 4.98 Å². The van der Waals surface area contributed by atoms with Crippen LogP contribution in [-0.4, -0.2) is 10.9 Å². The summed E-state index contributed by atoms with van der Waals surface area (Å²) in [6.07, 6.45) is 0. The van der Waals surface area contributed by atoms with Gasteiger partial charge in [-0.2, -0.15) is 0 Å². The first-order valence-corrected chi connectivity index (χ1v) is 11.4. The van der Waals surface area contributed by atoms with Gasteiger partial charge in [0.2, 0.25) is 0 Å². The Kier molecular flexibility index (Phi) is 5.22. The highest BCUT2D eigenvalue weighted by molar-refractivity contribution is 8.00. The molecule has 0 fully saturated rings. The molecule has 1 aromatic heterocycles. The highest BCUT2D eigenvalue weighted by Crippen LogP contribution is 2.34.